The molecule has 5 rings (SSSR count). The summed E-state index contributed by atoms with van der Waals surface area (Å²) in [5.74, 6) is 0.146. The Morgan fingerprint density at radius 2 is 1.75 bits per heavy atom. The topological polar surface area (TPSA) is 62.3 Å². The summed E-state index contributed by atoms with van der Waals surface area (Å²) in [6, 6.07) is 21.3. The number of para-hydroxylation sites is 2. The van der Waals surface area contributed by atoms with Gasteiger partial charge < -0.3 is 5.32 Å². The highest BCUT2D eigenvalue weighted by Gasteiger charge is 2.41. The van der Waals surface area contributed by atoms with Crippen molar-refractivity contribution in [1.82, 2.24) is 4.98 Å². The zero-order valence-corrected chi connectivity index (χ0v) is 18.0. The molecule has 0 fully saturated rings. The van der Waals surface area contributed by atoms with Crippen molar-refractivity contribution in [2.75, 3.05) is 10.2 Å². The highest BCUT2D eigenvalue weighted by Crippen LogP contribution is 2.47. The van der Waals surface area contributed by atoms with Crippen LogP contribution < -0.4 is 10.2 Å². The van der Waals surface area contributed by atoms with E-state index in [1.807, 2.05) is 61.5 Å². The van der Waals surface area contributed by atoms with Gasteiger partial charge in [-0.3, -0.25) is 19.5 Å². The van der Waals surface area contributed by atoms with Crippen LogP contribution in [0, 0.1) is 0 Å². The lowest BCUT2D eigenvalue weighted by Gasteiger charge is -2.34. The fourth-order valence-corrected chi connectivity index (χ4v) is 4.85. The Morgan fingerprint density at radius 3 is 2.50 bits per heavy atom. The number of hydrogen-bond donors (Lipinski definition) is 1. The Hall–Kier alpha value is -3.73. The van der Waals surface area contributed by atoms with E-state index in [0.29, 0.717) is 24.8 Å². The minimum absolute atomic E-state index is 0.0279. The number of amides is 1. The predicted molar refractivity (Wildman–Crippen MR) is 125 cm³/mol. The number of allylic oxidation sites excluding steroid dienone is 1. The van der Waals surface area contributed by atoms with Crippen molar-refractivity contribution in [1.29, 1.82) is 0 Å². The third-order valence-electron chi connectivity index (χ3n) is 6.33. The summed E-state index contributed by atoms with van der Waals surface area (Å²) >= 11 is 0. The maximum atomic E-state index is 13.7. The molecule has 160 valence electrons. The van der Waals surface area contributed by atoms with E-state index in [4.69, 9.17) is 0 Å². The van der Waals surface area contributed by atoms with Gasteiger partial charge in [0.25, 0.3) is 0 Å². The van der Waals surface area contributed by atoms with Crippen LogP contribution in [0.25, 0.3) is 0 Å². The normalized spacial score (nSPS) is 20.2. The third kappa shape index (κ3) is 3.50. The van der Waals surface area contributed by atoms with Crippen molar-refractivity contribution in [2.45, 2.75) is 38.1 Å². The first-order chi connectivity index (χ1) is 15.7. The van der Waals surface area contributed by atoms with Crippen LogP contribution in [-0.4, -0.2) is 16.7 Å². The molecule has 32 heavy (non-hydrogen) atoms. The van der Waals surface area contributed by atoms with Crippen LogP contribution in [-0.2, 0) is 9.59 Å². The molecule has 1 aromatic heterocycles. The number of aromatic nitrogens is 1. The van der Waals surface area contributed by atoms with Gasteiger partial charge in [0.15, 0.2) is 5.78 Å². The highest BCUT2D eigenvalue weighted by molar-refractivity contribution is 6.06. The van der Waals surface area contributed by atoms with Gasteiger partial charge in [0.05, 0.1) is 17.4 Å². The lowest BCUT2D eigenvalue weighted by Crippen LogP contribution is -2.38. The molecule has 1 N–H and O–H groups in total. The van der Waals surface area contributed by atoms with Crippen LogP contribution in [0.5, 0.6) is 0 Å². The van der Waals surface area contributed by atoms with E-state index in [0.717, 1.165) is 28.2 Å². The molecule has 2 heterocycles. The summed E-state index contributed by atoms with van der Waals surface area (Å²) in [6.07, 6.45) is 4.95. The van der Waals surface area contributed by atoms with Gasteiger partial charge in [0.1, 0.15) is 0 Å². The van der Waals surface area contributed by atoms with Gasteiger partial charge in [0.2, 0.25) is 5.91 Å². The summed E-state index contributed by atoms with van der Waals surface area (Å²) in [5.41, 5.74) is 5.19. The minimum atomic E-state index is -0.508. The number of nitrogens with zero attached hydrogens (tertiary/aromatic N) is 2. The molecule has 0 unspecified atom stereocenters. The molecule has 2 aromatic carbocycles. The molecule has 2 atom stereocenters. The molecule has 5 nitrogen and oxygen atoms in total. The van der Waals surface area contributed by atoms with E-state index in [1.54, 1.807) is 17.3 Å². The number of rotatable bonds is 3. The quantitative estimate of drug-likeness (QED) is 0.613. The molecule has 0 spiro atoms. The molecule has 1 aliphatic heterocycles. The number of ketones is 1. The standard InChI is InChI=1S/C27H25N3O2/c1-2-25(32)30-23-13-7-6-12-21(23)29-22-15-20(18-9-4-3-5-10-18)16-24(31)26(22)27(30)19-11-8-14-28-17-19/h3-14,17,20,27,29H,2,15-16H2,1H3/t20-,27+/m0/s1. The van der Waals surface area contributed by atoms with Gasteiger partial charge in [-0.2, -0.15) is 0 Å². The Morgan fingerprint density at radius 1 is 1.00 bits per heavy atom. The zero-order chi connectivity index (χ0) is 22.1. The summed E-state index contributed by atoms with van der Waals surface area (Å²) in [5, 5.41) is 3.54. The number of nitrogens with one attached hydrogen (secondary N) is 1. The molecule has 2 aliphatic rings. The minimum Gasteiger partial charge on any atom is -0.357 e. The van der Waals surface area contributed by atoms with Crippen molar-refractivity contribution >= 4 is 23.1 Å². The van der Waals surface area contributed by atoms with E-state index in [2.05, 4.69) is 22.4 Å². The van der Waals surface area contributed by atoms with Gasteiger partial charge in [0, 0.05) is 36.5 Å². The smallest absolute Gasteiger partial charge is 0.227 e. The van der Waals surface area contributed by atoms with Crippen LogP contribution in [0.15, 0.2) is 90.4 Å². The van der Waals surface area contributed by atoms with E-state index >= 15 is 0 Å². The molecular weight excluding hydrogens is 398 g/mol. The van der Waals surface area contributed by atoms with Crippen LogP contribution >= 0.6 is 0 Å². The first kappa shape index (κ1) is 20.2. The third-order valence-corrected chi connectivity index (χ3v) is 6.33. The van der Waals surface area contributed by atoms with Gasteiger partial charge in [-0.15, -0.1) is 0 Å². The molecule has 1 aliphatic carbocycles. The first-order valence-corrected chi connectivity index (χ1v) is 11.1. The maximum Gasteiger partial charge on any atom is 0.227 e. The van der Waals surface area contributed by atoms with Crippen molar-refractivity contribution in [2.24, 2.45) is 0 Å². The van der Waals surface area contributed by atoms with Gasteiger partial charge in [-0.05, 0) is 41.7 Å². The summed E-state index contributed by atoms with van der Waals surface area (Å²) in [6.45, 7) is 1.85. The van der Waals surface area contributed by atoms with Crippen LogP contribution in [0.1, 0.15) is 49.3 Å². The largest absolute Gasteiger partial charge is 0.357 e. The summed E-state index contributed by atoms with van der Waals surface area (Å²) in [7, 11) is 0. The maximum absolute atomic E-state index is 13.7. The van der Waals surface area contributed by atoms with Crippen molar-refractivity contribution in [3.8, 4) is 0 Å². The first-order valence-electron chi connectivity index (χ1n) is 11.1. The van der Waals surface area contributed by atoms with Crippen molar-refractivity contribution in [3.63, 3.8) is 0 Å². The van der Waals surface area contributed by atoms with Gasteiger partial charge >= 0.3 is 0 Å². The number of carbonyl (C=O) groups is 2. The molecule has 0 radical (unpaired) electrons. The fourth-order valence-electron chi connectivity index (χ4n) is 4.85. The second kappa shape index (κ2) is 8.42. The average molecular weight is 424 g/mol. The molecule has 0 saturated carbocycles. The number of carbonyl (C=O) groups excluding carboxylic acids is 2. The summed E-state index contributed by atoms with van der Waals surface area (Å²) in [4.78, 5) is 33.1. The van der Waals surface area contributed by atoms with E-state index < -0.39 is 6.04 Å². The predicted octanol–water partition coefficient (Wildman–Crippen LogP) is 5.39. The Bertz CT molecular complexity index is 1190. The van der Waals surface area contributed by atoms with Crippen LogP contribution in [0.3, 0.4) is 0 Å². The lowest BCUT2D eigenvalue weighted by atomic mass is 9.78. The number of hydrogen-bond acceptors (Lipinski definition) is 4. The number of Topliss-reactive ketones (excluding diaryl/α,β-unsaturated/α-hetero) is 1. The Labute approximate surface area is 187 Å². The van der Waals surface area contributed by atoms with Crippen LogP contribution in [0.4, 0.5) is 11.4 Å². The van der Waals surface area contributed by atoms with E-state index in [-0.39, 0.29) is 17.6 Å². The average Bonchev–Trinajstić information content (AvgIpc) is 2.99. The molecule has 5 heteroatoms. The van der Waals surface area contributed by atoms with E-state index in [9.17, 15) is 9.59 Å². The summed E-state index contributed by atoms with van der Waals surface area (Å²) < 4.78 is 0. The van der Waals surface area contributed by atoms with Crippen LogP contribution in [0.2, 0.25) is 0 Å². The van der Waals surface area contributed by atoms with Gasteiger partial charge in [-0.25, -0.2) is 0 Å². The van der Waals surface area contributed by atoms with Crippen molar-refractivity contribution < 1.29 is 9.59 Å². The second-order valence-electron chi connectivity index (χ2n) is 8.28. The van der Waals surface area contributed by atoms with Gasteiger partial charge in [-0.1, -0.05) is 55.5 Å². The van der Waals surface area contributed by atoms with E-state index in [1.165, 1.54) is 0 Å². The second-order valence-corrected chi connectivity index (χ2v) is 8.28. The number of anilines is 2. The van der Waals surface area contributed by atoms with Crippen molar-refractivity contribution in [3.05, 3.63) is 102 Å². The number of fused-ring (bicyclic) bond motifs is 1. The molecule has 1 amide bonds. The molecule has 3 aromatic rings. The fraction of sp³-hybridized carbons (Fsp3) is 0.222. The Balaban J connectivity index is 1.71. The monoisotopic (exact) mass is 423 g/mol. The number of pyridine rings is 1. The molecule has 0 bridgehead atoms. The zero-order valence-electron chi connectivity index (χ0n) is 18.0. The molecule has 0 saturated heterocycles. The molecular formula is C27H25N3O2. The number of benzene rings is 2. The lowest BCUT2D eigenvalue weighted by molar-refractivity contribution is -0.119. The SMILES string of the molecule is CCC(=O)N1c2ccccc2NC2=C(C(=O)C[C@@H](c3ccccc3)C2)[C@H]1c1cccnc1. The highest BCUT2D eigenvalue weighted by atomic mass is 16.2. The Kier molecular flexibility index (Phi) is 5.31.